The van der Waals surface area contributed by atoms with Crippen molar-refractivity contribution in [3.8, 4) is 5.75 Å². The van der Waals surface area contributed by atoms with Crippen LogP contribution in [0.15, 0.2) is 54.6 Å². The molecule has 3 unspecified atom stereocenters. The molecule has 0 aliphatic carbocycles. The third-order valence-corrected chi connectivity index (χ3v) is 6.74. The normalized spacial score (nSPS) is 12.6. The van der Waals surface area contributed by atoms with Gasteiger partial charge < -0.3 is 36.8 Å². The lowest BCUT2D eigenvalue weighted by atomic mass is 10.0. The average molecular weight is 616 g/mol. The Kier molecular flexibility index (Phi) is 14.5. The summed E-state index contributed by atoms with van der Waals surface area (Å²) < 4.78 is 0. The molecular weight excluding hydrogens is 578 g/mol. The standard InChI is InChI=1S/C29H37N5O8S/c1-18(35)32-23(15-20-8-10-21(36)11-9-20)27(39)31-16-25(37)30-17-26(38)33-24(14-19-6-4-3-5-7-19)28(40)34-22(29(41)42)12-13-43-2/h3-11,22-24,36H,12-17H2,1-2H3,(H,30,37)(H,31,39)(H,32,35)(H,33,38)(H,34,40)(H,41,42). The molecular formula is C29H37N5O8S. The lowest BCUT2D eigenvalue weighted by Crippen LogP contribution is -2.54. The molecule has 0 spiro atoms. The number of aliphatic carboxylic acids is 1. The summed E-state index contributed by atoms with van der Waals surface area (Å²) in [6, 6.07) is 11.7. The van der Waals surface area contributed by atoms with Crippen molar-refractivity contribution < 1.29 is 39.0 Å². The molecule has 0 saturated heterocycles. The van der Waals surface area contributed by atoms with Crippen LogP contribution in [0.2, 0.25) is 0 Å². The van der Waals surface area contributed by atoms with E-state index < -0.39 is 66.7 Å². The van der Waals surface area contributed by atoms with Crippen molar-refractivity contribution >= 4 is 47.3 Å². The quantitative estimate of drug-likeness (QED) is 0.125. The van der Waals surface area contributed by atoms with E-state index in [1.54, 1.807) is 42.5 Å². The second kappa shape index (κ2) is 18.1. The summed E-state index contributed by atoms with van der Waals surface area (Å²) in [6.45, 7) is 0.256. The molecule has 2 rings (SSSR count). The smallest absolute Gasteiger partial charge is 0.326 e. The number of hydrogen-bond acceptors (Lipinski definition) is 8. The highest BCUT2D eigenvalue weighted by atomic mass is 32.2. The Labute approximate surface area is 253 Å². The van der Waals surface area contributed by atoms with Gasteiger partial charge in [-0.3, -0.25) is 24.0 Å². The molecule has 7 N–H and O–H groups in total. The molecule has 13 nitrogen and oxygen atoms in total. The molecule has 0 aliphatic rings. The van der Waals surface area contributed by atoms with Crippen LogP contribution in [-0.2, 0) is 41.6 Å². The molecule has 0 aromatic heterocycles. The third kappa shape index (κ3) is 13.3. The molecule has 14 heteroatoms. The van der Waals surface area contributed by atoms with Gasteiger partial charge in [0, 0.05) is 19.8 Å². The maximum absolute atomic E-state index is 13.0. The zero-order valence-corrected chi connectivity index (χ0v) is 24.7. The SMILES string of the molecule is CSCCC(NC(=O)C(Cc1ccccc1)NC(=O)CNC(=O)CNC(=O)C(Cc1ccc(O)cc1)NC(C)=O)C(=O)O. The van der Waals surface area contributed by atoms with E-state index in [4.69, 9.17) is 0 Å². The fourth-order valence-corrected chi connectivity index (χ4v) is 4.40. The summed E-state index contributed by atoms with van der Waals surface area (Å²) in [5.74, 6) is -3.78. The molecule has 0 heterocycles. The number of aromatic hydroxyl groups is 1. The van der Waals surface area contributed by atoms with Gasteiger partial charge in [-0.25, -0.2) is 4.79 Å². The van der Waals surface area contributed by atoms with Crippen molar-refractivity contribution in [2.75, 3.05) is 25.1 Å². The second-order valence-corrected chi connectivity index (χ2v) is 10.6. The highest BCUT2D eigenvalue weighted by Crippen LogP contribution is 2.11. The lowest BCUT2D eigenvalue weighted by molar-refractivity contribution is -0.142. The number of carboxylic acid groups (broad SMARTS) is 1. The zero-order chi connectivity index (χ0) is 31.8. The van der Waals surface area contributed by atoms with E-state index in [1.807, 2.05) is 6.26 Å². The van der Waals surface area contributed by atoms with E-state index >= 15 is 0 Å². The van der Waals surface area contributed by atoms with Gasteiger partial charge in [-0.1, -0.05) is 42.5 Å². The Hall–Kier alpha value is -4.59. The van der Waals surface area contributed by atoms with Gasteiger partial charge in [-0.2, -0.15) is 11.8 Å². The molecule has 2 aromatic rings. The minimum Gasteiger partial charge on any atom is -0.508 e. The van der Waals surface area contributed by atoms with Crippen LogP contribution in [0.5, 0.6) is 5.75 Å². The van der Waals surface area contributed by atoms with Gasteiger partial charge in [0.1, 0.15) is 23.9 Å². The molecule has 0 radical (unpaired) electrons. The zero-order valence-electron chi connectivity index (χ0n) is 23.9. The van der Waals surface area contributed by atoms with Gasteiger partial charge in [0.2, 0.25) is 29.5 Å². The van der Waals surface area contributed by atoms with Crippen LogP contribution >= 0.6 is 11.8 Å². The van der Waals surface area contributed by atoms with Gasteiger partial charge in [0.05, 0.1) is 13.1 Å². The van der Waals surface area contributed by atoms with Crippen molar-refractivity contribution in [2.24, 2.45) is 0 Å². The maximum Gasteiger partial charge on any atom is 0.326 e. The number of carbonyl (C=O) groups is 6. The minimum atomic E-state index is -1.19. The Bertz CT molecular complexity index is 1260. The molecule has 2 aromatic carbocycles. The topological polar surface area (TPSA) is 203 Å². The Morgan fingerprint density at radius 1 is 0.721 bits per heavy atom. The monoisotopic (exact) mass is 615 g/mol. The molecule has 3 atom stereocenters. The number of rotatable bonds is 17. The minimum absolute atomic E-state index is 0.0487. The number of nitrogens with one attached hydrogen (secondary N) is 5. The largest absolute Gasteiger partial charge is 0.508 e. The molecule has 232 valence electrons. The molecule has 5 amide bonds. The summed E-state index contributed by atoms with van der Waals surface area (Å²) >= 11 is 1.44. The highest BCUT2D eigenvalue weighted by molar-refractivity contribution is 7.98. The molecule has 0 aliphatic heterocycles. The Balaban J connectivity index is 1.94. The second-order valence-electron chi connectivity index (χ2n) is 9.61. The Morgan fingerprint density at radius 3 is 1.88 bits per heavy atom. The van der Waals surface area contributed by atoms with Crippen LogP contribution in [0.1, 0.15) is 24.5 Å². The van der Waals surface area contributed by atoms with Crippen molar-refractivity contribution in [1.29, 1.82) is 0 Å². The van der Waals surface area contributed by atoms with Crippen molar-refractivity contribution in [2.45, 2.75) is 44.3 Å². The van der Waals surface area contributed by atoms with Gasteiger partial charge in [0.25, 0.3) is 0 Å². The fraction of sp³-hybridized carbons (Fsp3) is 0.379. The van der Waals surface area contributed by atoms with Crippen molar-refractivity contribution in [3.05, 3.63) is 65.7 Å². The number of thioether (sulfide) groups is 1. The van der Waals surface area contributed by atoms with Crippen LogP contribution in [0.3, 0.4) is 0 Å². The third-order valence-electron chi connectivity index (χ3n) is 6.10. The number of carboxylic acids is 1. The summed E-state index contributed by atoms with van der Waals surface area (Å²) in [4.78, 5) is 73.9. The number of amides is 5. The first kappa shape index (κ1) is 34.6. The highest BCUT2D eigenvalue weighted by Gasteiger charge is 2.27. The summed E-state index contributed by atoms with van der Waals surface area (Å²) in [5, 5.41) is 31.2. The van der Waals surface area contributed by atoms with E-state index in [-0.39, 0.29) is 25.0 Å². The van der Waals surface area contributed by atoms with Crippen LogP contribution in [0.4, 0.5) is 0 Å². The first-order chi connectivity index (χ1) is 20.5. The van der Waals surface area contributed by atoms with Crippen LogP contribution < -0.4 is 26.6 Å². The predicted molar refractivity (Wildman–Crippen MR) is 160 cm³/mol. The number of carbonyl (C=O) groups excluding carboxylic acids is 5. The summed E-state index contributed by atoms with van der Waals surface area (Å²) in [6.07, 6.45) is 2.22. The summed E-state index contributed by atoms with van der Waals surface area (Å²) in [7, 11) is 0. The molecule has 0 fully saturated rings. The van der Waals surface area contributed by atoms with Crippen LogP contribution in [0, 0.1) is 0 Å². The van der Waals surface area contributed by atoms with Crippen LogP contribution in [-0.4, -0.2) is 88.9 Å². The van der Waals surface area contributed by atoms with Gasteiger partial charge >= 0.3 is 5.97 Å². The first-order valence-electron chi connectivity index (χ1n) is 13.4. The molecule has 0 bridgehead atoms. The average Bonchev–Trinajstić information content (AvgIpc) is 2.97. The Morgan fingerprint density at radius 2 is 1.30 bits per heavy atom. The van der Waals surface area contributed by atoms with Gasteiger partial charge in [-0.05, 0) is 41.7 Å². The van der Waals surface area contributed by atoms with Crippen LogP contribution in [0.25, 0.3) is 0 Å². The number of phenols is 1. The summed E-state index contributed by atoms with van der Waals surface area (Å²) in [5.41, 5.74) is 1.40. The lowest BCUT2D eigenvalue weighted by Gasteiger charge is -2.22. The molecule has 0 saturated carbocycles. The maximum atomic E-state index is 13.0. The van der Waals surface area contributed by atoms with E-state index in [1.165, 1.54) is 30.8 Å². The fourth-order valence-electron chi connectivity index (χ4n) is 3.92. The predicted octanol–water partition coefficient (Wildman–Crippen LogP) is -0.278. The van der Waals surface area contributed by atoms with Crippen molar-refractivity contribution in [3.63, 3.8) is 0 Å². The van der Waals surface area contributed by atoms with E-state index in [9.17, 15) is 39.0 Å². The number of phenolic OH excluding ortho intramolecular Hbond substituents is 1. The van der Waals surface area contributed by atoms with Gasteiger partial charge in [-0.15, -0.1) is 0 Å². The number of hydrogen-bond donors (Lipinski definition) is 7. The van der Waals surface area contributed by atoms with Gasteiger partial charge in [0.15, 0.2) is 0 Å². The molecule has 43 heavy (non-hydrogen) atoms. The van der Waals surface area contributed by atoms with Crippen molar-refractivity contribution in [1.82, 2.24) is 26.6 Å². The number of benzene rings is 2. The van der Waals surface area contributed by atoms with E-state index in [0.717, 1.165) is 5.56 Å². The first-order valence-corrected chi connectivity index (χ1v) is 14.8. The van der Waals surface area contributed by atoms with E-state index in [0.29, 0.717) is 11.3 Å². The van der Waals surface area contributed by atoms with E-state index in [2.05, 4.69) is 26.6 Å².